The van der Waals surface area contributed by atoms with Gasteiger partial charge in [-0.25, -0.2) is 17.9 Å². The smallest absolute Gasteiger partial charge is 0.356 e. The molecule has 0 radical (unpaired) electrons. The van der Waals surface area contributed by atoms with Crippen LogP contribution in [-0.2, 0) is 19.6 Å². The molecule has 1 amide bonds. The van der Waals surface area contributed by atoms with Crippen molar-refractivity contribution in [2.24, 2.45) is 5.92 Å². The standard InChI is InChI=1S/C26H32N4O7S/c1-5-18(6-2)24(31)28-19-12-13-21(22(16-19)38(34,35)27-14-15-36-4)37-25-17(3)23(26(32)33)29-30(25)20-10-8-7-9-11-20/h7-13,16,18,27H,5-6,14-15H2,1-4H3,(H,28,31)(H,32,33). The van der Waals surface area contributed by atoms with E-state index in [1.807, 2.05) is 13.8 Å². The predicted molar refractivity (Wildman–Crippen MR) is 142 cm³/mol. The molecule has 0 aliphatic heterocycles. The molecule has 3 N–H and O–H groups in total. The summed E-state index contributed by atoms with van der Waals surface area (Å²) >= 11 is 0. The lowest BCUT2D eigenvalue weighted by Crippen LogP contribution is -2.28. The van der Waals surface area contributed by atoms with Crippen LogP contribution in [0.25, 0.3) is 5.69 Å². The van der Waals surface area contributed by atoms with Crippen LogP contribution in [-0.4, -0.2) is 55.4 Å². The van der Waals surface area contributed by atoms with Crippen LogP contribution in [0, 0.1) is 12.8 Å². The van der Waals surface area contributed by atoms with E-state index in [4.69, 9.17) is 9.47 Å². The number of ether oxygens (including phenoxy) is 2. The van der Waals surface area contributed by atoms with Crippen LogP contribution in [0.15, 0.2) is 53.4 Å². The fourth-order valence-corrected chi connectivity index (χ4v) is 4.96. The Morgan fingerprint density at radius 1 is 1.11 bits per heavy atom. The van der Waals surface area contributed by atoms with Crippen LogP contribution in [0.5, 0.6) is 11.6 Å². The molecule has 0 saturated carbocycles. The van der Waals surface area contributed by atoms with Crippen molar-refractivity contribution in [3.8, 4) is 17.3 Å². The third-order valence-corrected chi connectivity index (χ3v) is 7.42. The lowest BCUT2D eigenvalue weighted by atomic mass is 10.0. The maximum absolute atomic E-state index is 13.3. The molecule has 12 heteroatoms. The molecule has 0 bridgehead atoms. The Hall–Kier alpha value is -3.74. The van der Waals surface area contributed by atoms with Crippen LogP contribution in [0.3, 0.4) is 0 Å². The Morgan fingerprint density at radius 3 is 2.39 bits per heavy atom. The van der Waals surface area contributed by atoms with Crippen molar-refractivity contribution in [1.82, 2.24) is 14.5 Å². The predicted octanol–water partition coefficient (Wildman–Crippen LogP) is 3.97. The van der Waals surface area contributed by atoms with Crippen LogP contribution in [0.1, 0.15) is 42.7 Å². The van der Waals surface area contributed by atoms with Gasteiger partial charge in [0.1, 0.15) is 10.6 Å². The highest BCUT2D eigenvalue weighted by Crippen LogP contribution is 2.35. The molecule has 0 aliphatic rings. The molecule has 0 atom stereocenters. The quantitative estimate of drug-likeness (QED) is 0.274. The zero-order valence-electron chi connectivity index (χ0n) is 21.7. The summed E-state index contributed by atoms with van der Waals surface area (Å²) < 4.78 is 41.3. The van der Waals surface area contributed by atoms with E-state index in [9.17, 15) is 23.1 Å². The number of carbonyl (C=O) groups is 2. The number of para-hydroxylation sites is 1. The first-order valence-electron chi connectivity index (χ1n) is 12.1. The zero-order valence-corrected chi connectivity index (χ0v) is 22.5. The van der Waals surface area contributed by atoms with Gasteiger partial charge in [-0.2, -0.15) is 9.78 Å². The zero-order chi connectivity index (χ0) is 27.9. The Bertz CT molecular complexity index is 1380. The van der Waals surface area contributed by atoms with Gasteiger partial charge in [-0.1, -0.05) is 32.0 Å². The van der Waals surface area contributed by atoms with Crippen molar-refractivity contribution in [2.45, 2.75) is 38.5 Å². The van der Waals surface area contributed by atoms with Gasteiger partial charge in [-0.05, 0) is 50.1 Å². The number of methoxy groups -OCH3 is 1. The molecule has 0 aliphatic carbocycles. The first kappa shape index (κ1) is 28.8. The summed E-state index contributed by atoms with van der Waals surface area (Å²) in [6, 6.07) is 13.0. The van der Waals surface area contributed by atoms with Gasteiger partial charge < -0.3 is 19.9 Å². The molecule has 0 unspecified atom stereocenters. The van der Waals surface area contributed by atoms with Gasteiger partial charge in [-0.3, -0.25) is 4.79 Å². The average molecular weight is 545 g/mol. The van der Waals surface area contributed by atoms with E-state index in [2.05, 4.69) is 15.1 Å². The summed E-state index contributed by atoms with van der Waals surface area (Å²) in [6.45, 7) is 5.49. The van der Waals surface area contributed by atoms with Crippen molar-refractivity contribution in [3.63, 3.8) is 0 Å². The van der Waals surface area contributed by atoms with Gasteiger partial charge in [0, 0.05) is 30.8 Å². The molecule has 2 aromatic carbocycles. The number of carboxylic acids is 1. The molecule has 3 aromatic rings. The lowest BCUT2D eigenvalue weighted by Gasteiger charge is -2.17. The molecule has 0 saturated heterocycles. The van der Waals surface area contributed by atoms with Crippen LogP contribution in [0.2, 0.25) is 0 Å². The largest absolute Gasteiger partial charge is 0.476 e. The first-order chi connectivity index (χ1) is 18.1. The second-order valence-electron chi connectivity index (χ2n) is 8.49. The third-order valence-electron chi connectivity index (χ3n) is 5.93. The molecule has 11 nitrogen and oxygen atoms in total. The lowest BCUT2D eigenvalue weighted by molar-refractivity contribution is -0.120. The first-order valence-corrected chi connectivity index (χ1v) is 13.6. The van der Waals surface area contributed by atoms with Gasteiger partial charge in [-0.15, -0.1) is 0 Å². The number of aromatic nitrogens is 2. The monoisotopic (exact) mass is 544 g/mol. The van der Waals surface area contributed by atoms with E-state index in [0.717, 1.165) is 0 Å². The van der Waals surface area contributed by atoms with Crippen molar-refractivity contribution < 1.29 is 32.6 Å². The van der Waals surface area contributed by atoms with Gasteiger partial charge in [0.15, 0.2) is 5.69 Å². The molecular formula is C26H32N4O7S. The van der Waals surface area contributed by atoms with E-state index in [1.165, 1.54) is 36.9 Å². The molecule has 38 heavy (non-hydrogen) atoms. The summed E-state index contributed by atoms with van der Waals surface area (Å²) in [5.41, 5.74) is 0.777. The minimum Gasteiger partial charge on any atom is -0.476 e. The molecule has 1 aromatic heterocycles. The van der Waals surface area contributed by atoms with E-state index < -0.39 is 16.0 Å². The van der Waals surface area contributed by atoms with E-state index in [0.29, 0.717) is 18.5 Å². The van der Waals surface area contributed by atoms with Crippen LogP contribution < -0.4 is 14.8 Å². The third kappa shape index (κ3) is 6.57. The minimum atomic E-state index is -4.13. The number of sulfonamides is 1. The SMILES string of the molecule is CCC(CC)C(=O)Nc1ccc(Oc2c(C)c(C(=O)O)nn2-c2ccccc2)c(S(=O)(=O)NCCOC)c1. The number of nitrogens with one attached hydrogen (secondary N) is 2. The van der Waals surface area contributed by atoms with Crippen molar-refractivity contribution >= 4 is 27.6 Å². The van der Waals surface area contributed by atoms with Gasteiger partial charge in [0.2, 0.25) is 21.8 Å². The Balaban J connectivity index is 2.11. The highest BCUT2D eigenvalue weighted by molar-refractivity contribution is 7.89. The number of hydrogen-bond donors (Lipinski definition) is 3. The molecule has 204 valence electrons. The molecule has 3 rings (SSSR count). The van der Waals surface area contributed by atoms with Crippen LogP contribution in [0.4, 0.5) is 5.69 Å². The highest BCUT2D eigenvalue weighted by atomic mass is 32.2. The number of nitrogens with zero attached hydrogens (tertiary/aromatic N) is 2. The summed E-state index contributed by atoms with van der Waals surface area (Å²) in [4.78, 5) is 24.2. The molecule has 0 spiro atoms. The number of anilines is 1. The minimum absolute atomic E-state index is 0.00669. The average Bonchev–Trinajstić information content (AvgIpc) is 3.22. The second kappa shape index (κ2) is 12.7. The fraction of sp³-hybridized carbons (Fsp3) is 0.346. The Labute approximate surface area is 221 Å². The summed E-state index contributed by atoms with van der Waals surface area (Å²) in [5, 5.41) is 16.6. The number of aromatic carboxylic acids is 1. The van der Waals surface area contributed by atoms with Gasteiger partial charge in [0.25, 0.3) is 0 Å². The topological polar surface area (TPSA) is 149 Å². The van der Waals surface area contributed by atoms with Crippen LogP contribution >= 0.6 is 0 Å². The second-order valence-corrected chi connectivity index (χ2v) is 10.2. The number of benzene rings is 2. The highest BCUT2D eigenvalue weighted by Gasteiger charge is 2.26. The van der Waals surface area contributed by atoms with Gasteiger partial charge >= 0.3 is 5.97 Å². The Morgan fingerprint density at radius 2 is 1.79 bits per heavy atom. The summed E-state index contributed by atoms with van der Waals surface area (Å²) in [6.07, 6.45) is 1.28. The molecular weight excluding hydrogens is 512 g/mol. The van der Waals surface area contributed by atoms with E-state index in [1.54, 1.807) is 30.3 Å². The maximum atomic E-state index is 13.3. The van der Waals surface area contributed by atoms with Crippen molar-refractivity contribution in [2.75, 3.05) is 25.6 Å². The Kier molecular flexibility index (Phi) is 9.61. The number of rotatable bonds is 13. The number of carboxylic acid groups (broad SMARTS) is 1. The number of amides is 1. The number of hydrogen-bond acceptors (Lipinski definition) is 7. The van der Waals surface area contributed by atoms with E-state index >= 15 is 0 Å². The van der Waals surface area contributed by atoms with Crippen molar-refractivity contribution in [1.29, 1.82) is 0 Å². The van der Waals surface area contributed by atoms with Crippen molar-refractivity contribution in [3.05, 3.63) is 59.8 Å². The maximum Gasteiger partial charge on any atom is 0.356 e. The fourth-order valence-electron chi connectivity index (χ4n) is 3.79. The molecule has 0 fully saturated rings. The number of carbonyl (C=O) groups excluding carboxylic acids is 1. The van der Waals surface area contributed by atoms with E-state index in [-0.39, 0.29) is 58.4 Å². The summed E-state index contributed by atoms with van der Waals surface area (Å²) in [5.74, 6) is -1.73. The summed E-state index contributed by atoms with van der Waals surface area (Å²) in [7, 11) is -2.68. The molecule has 1 heterocycles. The normalized spacial score (nSPS) is 11.5. The van der Waals surface area contributed by atoms with Gasteiger partial charge in [0.05, 0.1) is 12.3 Å².